The van der Waals surface area contributed by atoms with Gasteiger partial charge in [-0.25, -0.2) is 0 Å². The first-order chi connectivity index (χ1) is 4.77. The third-order valence-corrected chi connectivity index (χ3v) is 2.81. The highest BCUT2D eigenvalue weighted by Crippen LogP contribution is 2.37. The summed E-state index contributed by atoms with van der Waals surface area (Å²) in [6.07, 6.45) is 8.34. The van der Waals surface area contributed by atoms with Crippen molar-refractivity contribution in [2.24, 2.45) is 11.1 Å². The minimum Gasteiger partial charge on any atom is -0.330 e. The van der Waals surface area contributed by atoms with Crippen LogP contribution in [0, 0.1) is 5.41 Å². The quantitative estimate of drug-likeness (QED) is 0.690. The van der Waals surface area contributed by atoms with E-state index in [1.165, 1.54) is 38.5 Å². The van der Waals surface area contributed by atoms with Gasteiger partial charge in [-0.15, -0.1) is 12.4 Å². The number of nitrogens with two attached hydrogens (primary N) is 1. The van der Waals surface area contributed by atoms with Crippen LogP contribution in [0.1, 0.15) is 45.4 Å². The molecule has 2 N–H and O–H groups in total. The van der Waals surface area contributed by atoms with Gasteiger partial charge in [0.15, 0.2) is 0 Å². The van der Waals surface area contributed by atoms with E-state index < -0.39 is 0 Å². The van der Waals surface area contributed by atoms with Crippen LogP contribution in [-0.4, -0.2) is 6.54 Å². The third kappa shape index (κ3) is 3.44. The maximum atomic E-state index is 5.54. The molecule has 1 aliphatic carbocycles. The Morgan fingerprint density at radius 1 is 1.18 bits per heavy atom. The van der Waals surface area contributed by atoms with Crippen molar-refractivity contribution in [2.75, 3.05) is 6.54 Å². The van der Waals surface area contributed by atoms with Crippen LogP contribution in [0.3, 0.4) is 0 Å². The Bertz CT molecular complexity index is 92.2. The highest BCUT2D eigenvalue weighted by molar-refractivity contribution is 5.85. The van der Waals surface area contributed by atoms with Gasteiger partial charge in [0.05, 0.1) is 0 Å². The Morgan fingerprint density at radius 3 is 2.18 bits per heavy atom. The van der Waals surface area contributed by atoms with Gasteiger partial charge in [-0.2, -0.15) is 0 Å². The first-order valence-corrected chi connectivity index (χ1v) is 4.47. The summed E-state index contributed by atoms with van der Waals surface area (Å²) in [5.41, 5.74) is 6.15. The van der Waals surface area contributed by atoms with E-state index in [1.54, 1.807) is 0 Å². The predicted octanol–water partition coefficient (Wildman–Crippen LogP) is 2.73. The summed E-state index contributed by atoms with van der Waals surface area (Å²) in [6, 6.07) is 0. The van der Waals surface area contributed by atoms with Crippen LogP contribution in [0.5, 0.6) is 0 Å². The molecule has 1 aliphatic rings. The Hall–Kier alpha value is 0.250. The van der Waals surface area contributed by atoms with E-state index in [0.717, 1.165) is 6.54 Å². The number of hydrogen-bond donors (Lipinski definition) is 1. The Morgan fingerprint density at radius 2 is 1.73 bits per heavy atom. The van der Waals surface area contributed by atoms with E-state index in [4.69, 9.17) is 5.73 Å². The lowest BCUT2D eigenvalue weighted by molar-refractivity contribution is 0.203. The molecule has 0 unspecified atom stereocenters. The van der Waals surface area contributed by atoms with Gasteiger partial charge >= 0.3 is 0 Å². The molecule has 0 heterocycles. The normalized spacial score (nSPS) is 22.4. The smallest absolute Gasteiger partial charge is 0.00721 e. The van der Waals surface area contributed by atoms with Gasteiger partial charge in [-0.05, 0) is 31.2 Å². The van der Waals surface area contributed by atoms with Crippen molar-refractivity contribution in [3.8, 4) is 0 Å². The van der Waals surface area contributed by atoms with Gasteiger partial charge in [-0.3, -0.25) is 0 Å². The van der Waals surface area contributed by atoms with Crippen LogP contribution in [0.4, 0.5) is 0 Å². The molecule has 0 aromatic rings. The zero-order chi connectivity index (χ0) is 7.45. The second kappa shape index (κ2) is 5.00. The van der Waals surface area contributed by atoms with Crippen LogP contribution < -0.4 is 5.73 Å². The van der Waals surface area contributed by atoms with Crippen molar-refractivity contribution in [3.05, 3.63) is 0 Å². The van der Waals surface area contributed by atoms with Gasteiger partial charge in [0.1, 0.15) is 0 Å². The lowest BCUT2D eigenvalue weighted by Crippen LogP contribution is -2.23. The van der Waals surface area contributed by atoms with Gasteiger partial charge in [0.2, 0.25) is 0 Å². The molecular weight excluding hydrogens is 158 g/mol. The van der Waals surface area contributed by atoms with Crippen LogP contribution in [0.2, 0.25) is 0 Å². The maximum absolute atomic E-state index is 5.54. The predicted molar refractivity (Wildman–Crippen MR) is 52.1 cm³/mol. The molecule has 1 fully saturated rings. The molecule has 0 atom stereocenters. The SMILES string of the molecule is CC1(CCN)CCCCC1.Cl. The monoisotopic (exact) mass is 177 g/mol. The Balaban J connectivity index is 0.000001000. The fourth-order valence-electron chi connectivity index (χ4n) is 2.00. The van der Waals surface area contributed by atoms with Crippen molar-refractivity contribution in [1.82, 2.24) is 0 Å². The average molecular weight is 178 g/mol. The lowest BCUT2D eigenvalue weighted by atomic mass is 9.73. The van der Waals surface area contributed by atoms with Crippen LogP contribution in [0.15, 0.2) is 0 Å². The highest BCUT2D eigenvalue weighted by atomic mass is 35.5. The zero-order valence-electron chi connectivity index (χ0n) is 7.44. The molecule has 0 spiro atoms. The van der Waals surface area contributed by atoms with Crippen molar-refractivity contribution in [1.29, 1.82) is 0 Å². The molecule has 0 amide bonds. The largest absolute Gasteiger partial charge is 0.330 e. The summed E-state index contributed by atoms with van der Waals surface area (Å²) in [4.78, 5) is 0. The summed E-state index contributed by atoms with van der Waals surface area (Å²) < 4.78 is 0. The Labute approximate surface area is 76.1 Å². The first kappa shape index (κ1) is 11.2. The Kier molecular flexibility index (Phi) is 5.11. The number of halogens is 1. The fraction of sp³-hybridized carbons (Fsp3) is 1.00. The van der Waals surface area contributed by atoms with Gasteiger partial charge in [0, 0.05) is 0 Å². The lowest BCUT2D eigenvalue weighted by Gasteiger charge is -2.33. The molecule has 0 bridgehead atoms. The van der Waals surface area contributed by atoms with Gasteiger partial charge < -0.3 is 5.73 Å². The van der Waals surface area contributed by atoms with Crippen LogP contribution in [-0.2, 0) is 0 Å². The summed E-state index contributed by atoms with van der Waals surface area (Å²) in [5, 5.41) is 0. The molecule has 68 valence electrons. The second-order valence-electron chi connectivity index (χ2n) is 3.91. The number of hydrogen-bond acceptors (Lipinski definition) is 1. The van der Waals surface area contributed by atoms with E-state index in [9.17, 15) is 0 Å². The zero-order valence-corrected chi connectivity index (χ0v) is 8.25. The van der Waals surface area contributed by atoms with Crippen molar-refractivity contribution >= 4 is 12.4 Å². The molecule has 1 rings (SSSR count). The molecular formula is C9H20ClN. The van der Waals surface area contributed by atoms with Crippen molar-refractivity contribution in [2.45, 2.75) is 45.4 Å². The van der Waals surface area contributed by atoms with E-state index in [0.29, 0.717) is 5.41 Å². The van der Waals surface area contributed by atoms with Crippen molar-refractivity contribution < 1.29 is 0 Å². The summed E-state index contributed by atoms with van der Waals surface area (Å²) in [6.45, 7) is 3.26. The molecule has 11 heavy (non-hydrogen) atoms. The molecule has 2 heteroatoms. The average Bonchev–Trinajstić information content (AvgIpc) is 1.89. The van der Waals surface area contributed by atoms with Gasteiger partial charge in [0.25, 0.3) is 0 Å². The molecule has 1 saturated carbocycles. The van der Waals surface area contributed by atoms with Crippen LogP contribution >= 0.6 is 12.4 Å². The third-order valence-electron chi connectivity index (χ3n) is 2.81. The fourth-order valence-corrected chi connectivity index (χ4v) is 2.00. The second-order valence-corrected chi connectivity index (χ2v) is 3.91. The molecule has 1 nitrogen and oxygen atoms in total. The summed E-state index contributed by atoms with van der Waals surface area (Å²) >= 11 is 0. The molecule has 0 aromatic carbocycles. The van der Waals surface area contributed by atoms with E-state index >= 15 is 0 Å². The highest BCUT2D eigenvalue weighted by Gasteiger charge is 2.25. The molecule has 0 aromatic heterocycles. The standard InChI is InChI=1S/C9H19N.ClH/c1-9(7-8-10)5-3-2-4-6-9;/h2-8,10H2,1H3;1H. The van der Waals surface area contributed by atoms with E-state index in [2.05, 4.69) is 6.92 Å². The summed E-state index contributed by atoms with van der Waals surface area (Å²) in [7, 11) is 0. The molecule has 0 saturated heterocycles. The number of rotatable bonds is 2. The van der Waals surface area contributed by atoms with Crippen LogP contribution in [0.25, 0.3) is 0 Å². The maximum Gasteiger partial charge on any atom is -0.00721 e. The van der Waals surface area contributed by atoms with E-state index in [1.807, 2.05) is 0 Å². The minimum atomic E-state index is 0. The van der Waals surface area contributed by atoms with E-state index in [-0.39, 0.29) is 12.4 Å². The first-order valence-electron chi connectivity index (χ1n) is 4.47. The van der Waals surface area contributed by atoms with Crippen molar-refractivity contribution in [3.63, 3.8) is 0 Å². The summed E-state index contributed by atoms with van der Waals surface area (Å²) in [5.74, 6) is 0. The minimum absolute atomic E-state index is 0. The topological polar surface area (TPSA) is 26.0 Å². The molecule has 0 aliphatic heterocycles. The van der Waals surface area contributed by atoms with Gasteiger partial charge in [-0.1, -0.05) is 26.2 Å². The molecule has 0 radical (unpaired) electrons.